The topological polar surface area (TPSA) is 37.3 Å². The van der Waals surface area contributed by atoms with E-state index in [0.717, 1.165) is 17.5 Å². The van der Waals surface area contributed by atoms with Crippen molar-refractivity contribution in [2.24, 2.45) is 0 Å². The van der Waals surface area contributed by atoms with Gasteiger partial charge < -0.3 is 5.11 Å². The molecule has 0 aliphatic carbocycles. The zero-order valence-electron chi connectivity index (χ0n) is 14.3. The monoisotopic (exact) mass is 340 g/mol. The minimum atomic E-state index is -0.907. The number of aliphatic carboxylic acids is 1. The first kappa shape index (κ1) is 18.2. The number of hydrogen-bond donors (Lipinski definition) is 1. The van der Waals surface area contributed by atoms with Crippen LogP contribution in [0.1, 0.15) is 43.6 Å². The predicted octanol–water partition coefficient (Wildman–Crippen LogP) is 6.19. The van der Waals surface area contributed by atoms with Gasteiger partial charge in [-0.1, -0.05) is 56.2 Å². The Kier molecular flexibility index (Phi) is 7.01. The summed E-state index contributed by atoms with van der Waals surface area (Å²) < 4.78 is 0. The smallest absolute Gasteiger partial charge is 0.336 e. The van der Waals surface area contributed by atoms with Crippen molar-refractivity contribution in [3.05, 3.63) is 65.1 Å². The van der Waals surface area contributed by atoms with Crippen LogP contribution in [0.15, 0.2) is 54.6 Å². The molecule has 0 aliphatic rings. The molecule has 1 N–H and O–H groups in total. The zero-order valence-corrected chi connectivity index (χ0v) is 15.1. The molecule has 0 fully saturated rings. The quantitative estimate of drug-likeness (QED) is 0.353. The molecule has 3 heteroatoms. The van der Waals surface area contributed by atoms with Crippen LogP contribution in [0.4, 0.5) is 0 Å². The molecule has 24 heavy (non-hydrogen) atoms. The van der Waals surface area contributed by atoms with E-state index in [0.29, 0.717) is 5.57 Å². The molecular formula is C21H24O2S. The van der Waals surface area contributed by atoms with Crippen molar-refractivity contribution in [2.45, 2.75) is 39.5 Å². The molecule has 126 valence electrons. The Morgan fingerprint density at radius 3 is 2.50 bits per heavy atom. The number of rotatable bonds is 8. The maximum absolute atomic E-state index is 11.4. The summed E-state index contributed by atoms with van der Waals surface area (Å²) in [6, 6.07) is 12.1. The molecule has 2 aromatic rings. The van der Waals surface area contributed by atoms with Gasteiger partial charge in [0.15, 0.2) is 0 Å². The zero-order chi connectivity index (χ0) is 17.4. The van der Waals surface area contributed by atoms with Gasteiger partial charge in [-0.25, -0.2) is 4.79 Å². The van der Waals surface area contributed by atoms with E-state index in [4.69, 9.17) is 0 Å². The van der Waals surface area contributed by atoms with Crippen LogP contribution in [0.3, 0.4) is 0 Å². The number of carboxylic acids is 1. The highest BCUT2D eigenvalue weighted by atomic mass is 32.1. The molecule has 2 rings (SSSR count). The van der Waals surface area contributed by atoms with E-state index in [1.54, 1.807) is 12.2 Å². The third kappa shape index (κ3) is 4.93. The van der Waals surface area contributed by atoms with E-state index in [9.17, 15) is 9.90 Å². The van der Waals surface area contributed by atoms with Gasteiger partial charge in [0, 0.05) is 9.75 Å². The van der Waals surface area contributed by atoms with Crippen molar-refractivity contribution < 1.29 is 9.90 Å². The predicted molar refractivity (Wildman–Crippen MR) is 103 cm³/mol. The minimum absolute atomic E-state index is 0.311. The maximum Gasteiger partial charge on any atom is 0.336 e. The minimum Gasteiger partial charge on any atom is -0.478 e. The second-order valence-electron chi connectivity index (χ2n) is 5.71. The number of carbonyl (C=O) groups is 1. The van der Waals surface area contributed by atoms with Crippen molar-refractivity contribution in [1.29, 1.82) is 0 Å². The lowest BCUT2D eigenvalue weighted by atomic mass is 10.0. The highest BCUT2D eigenvalue weighted by Gasteiger charge is 2.10. The summed E-state index contributed by atoms with van der Waals surface area (Å²) >= 11 is 1.83. The molecule has 0 spiro atoms. The van der Waals surface area contributed by atoms with Gasteiger partial charge in [0.2, 0.25) is 0 Å². The summed E-state index contributed by atoms with van der Waals surface area (Å²) in [6.07, 6.45) is 10.1. The average Bonchev–Trinajstić information content (AvgIpc) is 3.05. The van der Waals surface area contributed by atoms with Gasteiger partial charge in [0.1, 0.15) is 0 Å². The van der Waals surface area contributed by atoms with Crippen LogP contribution in [0, 0.1) is 0 Å². The van der Waals surface area contributed by atoms with E-state index < -0.39 is 5.97 Å². The molecule has 0 saturated carbocycles. The Balaban J connectivity index is 2.15. The highest BCUT2D eigenvalue weighted by Crippen LogP contribution is 2.30. The molecule has 0 unspecified atom stereocenters. The first-order valence-electron chi connectivity index (χ1n) is 8.41. The van der Waals surface area contributed by atoms with Crippen molar-refractivity contribution in [3.63, 3.8) is 0 Å². The SMILES string of the molecule is CC=CC=C(C(=O)O)c1ccc(-c2ccc(CCCCC)s2)cc1. The molecule has 0 amide bonds. The van der Waals surface area contributed by atoms with Crippen LogP contribution in [0.5, 0.6) is 0 Å². The van der Waals surface area contributed by atoms with Crippen molar-refractivity contribution >= 4 is 22.9 Å². The second kappa shape index (κ2) is 9.24. The Morgan fingerprint density at radius 1 is 1.12 bits per heavy atom. The number of hydrogen-bond acceptors (Lipinski definition) is 2. The molecule has 0 saturated heterocycles. The Hall–Kier alpha value is -2.13. The Bertz CT molecular complexity index is 721. The van der Waals surface area contributed by atoms with Crippen LogP contribution in [0.25, 0.3) is 16.0 Å². The number of carboxylic acid groups (broad SMARTS) is 1. The fraction of sp³-hybridized carbons (Fsp3) is 0.286. The normalized spacial score (nSPS) is 12.0. The molecule has 0 bridgehead atoms. The van der Waals surface area contributed by atoms with E-state index in [1.807, 2.05) is 48.6 Å². The third-order valence-corrected chi connectivity index (χ3v) is 5.05. The average molecular weight is 340 g/mol. The summed E-state index contributed by atoms with van der Waals surface area (Å²) in [4.78, 5) is 14.0. The first-order chi connectivity index (χ1) is 11.7. The van der Waals surface area contributed by atoms with Crippen molar-refractivity contribution in [2.75, 3.05) is 0 Å². The molecule has 1 aromatic heterocycles. The van der Waals surface area contributed by atoms with Gasteiger partial charge >= 0.3 is 5.97 Å². The van der Waals surface area contributed by atoms with E-state index in [1.165, 1.54) is 29.0 Å². The fourth-order valence-corrected chi connectivity index (χ4v) is 3.57. The maximum atomic E-state index is 11.4. The summed E-state index contributed by atoms with van der Waals surface area (Å²) in [5, 5.41) is 9.35. The van der Waals surface area contributed by atoms with Gasteiger partial charge in [0.25, 0.3) is 0 Å². The largest absolute Gasteiger partial charge is 0.478 e. The molecule has 2 nitrogen and oxygen atoms in total. The van der Waals surface area contributed by atoms with Gasteiger partial charge in [-0.2, -0.15) is 0 Å². The summed E-state index contributed by atoms with van der Waals surface area (Å²) in [6.45, 7) is 4.09. The lowest BCUT2D eigenvalue weighted by Gasteiger charge is -2.04. The van der Waals surface area contributed by atoms with E-state index in [-0.39, 0.29) is 0 Å². The summed E-state index contributed by atoms with van der Waals surface area (Å²) in [5.74, 6) is -0.907. The first-order valence-corrected chi connectivity index (χ1v) is 9.23. The van der Waals surface area contributed by atoms with Crippen LogP contribution in [-0.4, -0.2) is 11.1 Å². The van der Waals surface area contributed by atoms with Crippen molar-refractivity contribution in [3.8, 4) is 10.4 Å². The molecule has 1 aromatic carbocycles. The lowest BCUT2D eigenvalue weighted by Crippen LogP contribution is -1.99. The third-order valence-electron chi connectivity index (χ3n) is 3.85. The van der Waals surface area contributed by atoms with E-state index in [2.05, 4.69) is 19.1 Å². The molecule has 0 atom stereocenters. The van der Waals surface area contributed by atoms with Crippen LogP contribution in [-0.2, 0) is 11.2 Å². The number of thiophene rings is 1. The number of aryl methyl sites for hydroxylation is 1. The van der Waals surface area contributed by atoms with Gasteiger partial charge in [-0.3, -0.25) is 0 Å². The Morgan fingerprint density at radius 2 is 1.88 bits per heavy atom. The van der Waals surface area contributed by atoms with Gasteiger partial charge in [0.05, 0.1) is 5.57 Å². The summed E-state index contributed by atoms with van der Waals surface area (Å²) in [5.41, 5.74) is 2.18. The standard InChI is InChI=1S/C21H24O2S/c1-3-5-7-8-18-14-15-20(24-18)17-12-10-16(11-13-17)19(21(22)23)9-6-4-2/h4,6,9-15H,3,5,7-8H2,1-2H3,(H,22,23). The fourth-order valence-electron chi connectivity index (χ4n) is 2.51. The molecule has 0 aliphatic heterocycles. The van der Waals surface area contributed by atoms with Crippen LogP contribution >= 0.6 is 11.3 Å². The van der Waals surface area contributed by atoms with Crippen LogP contribution < -0.4 is 0 Å². The molecule has 0 radical (unpaired) electrons. The number of benzene rings is 1. The summed E-state index contributed by atoms with van der Waals surface area (Å²) in [7, 11) is 0. The number of unbranched alkanes of at least 4 members (excludes halogenated alkanes) is 2. The highest BCUT2D eigenvalue weighted by molar-refractivity contribution is 7.15. The molecular weight excluding hydrogens is 316 g/mol. The Labute approximate surface area is 148 Å². The van der Waals surface area contributed by atoms with Gasteiger partial charge in [-0.15, -0.1) is 11.3 Å². The molecule has 1 heterocycles. The van der Waals surface area contributed by atoms with Crippen LogP contribution in [0.2, 0.25) is 0 Å². The lowest BCUT2D eigenvalue weighted by molar-refractivity contribution is -0.130. The second-order valence-corrected chi connectivity index (χ2v) is 6.88. The van der Waals surface area contributed by atoms with Gasteiger partial charge in [-0.05, 0) is 49.1 Å². The van der Waals surface area contributed by atoms with E-state index >= 15 is 0 Å². The van der Waals surface area contributed by atoms with Crippen molar-refractivity contribution in [1.82, 2.24) is 0 Å². The number of allylic oxidation sites excluding steroid dienone is 3.